The van der Waals surface area contributed by atoms with Crippen molar-refractivity contribution in [1.29, 1.82) is 0 Å². The second-order valence-corrected chi connectivity index (χ2v) is 7.43. The first-order valence-corrected chi connectivity index (χ1v) is 8.61. The molecule has 0 amide bonds. The summed E-state index contributed by atoms with van der Waals surface area (Å²) in [5, 5.41) is 0. The Hall–Kier alpha value is -2.19. The van der Waals surface area contributed by atoms with Crippen molar-refractivity contribution in [2.45, 2.75) is 11.0 Å². The van der Waals surface area contributed by atoms with Gasteiger partial charge < -0.3 is 9.47 Å². The highest BCUT2D eigenvalue weighted by atomic mass is 32.2. The summed E-state index contributed by atoms with van der Waals surface area (Å²) < 4.78 is 63.7. The van der Waals surface area contributed by atoms with Crippen molar-refractivity contribution in [2.24, 2.45) is 0 Å². The molecule has 0 saturated heterocycles. The molecule has 0 fully saturated rings. The molecule has 0 bridgehead atoms. The summed E-state index contributed by atoms with van der Waals surface area (Å²) in [4.78, 5) is -0.445. The average molecular weight is 355 g/mol. The zero-order chi connectivity index (χ0) is 17.3. The summed E-state index contributed by atoms with van der Waals surface area (Å²) >= 11 is 0. The summed E-state index contributed by atoms with van der Waals surface area (Å²) in [5.41, 5.74) is 0. The normalized spacial score (nSPS) is 17.1. The second kappa shape index (κ2) is 6.37. The molecule has 0 aliphatic carbocycles. The largest absolute Gasteiger partial charge is 0.486 e. The van der Waals surface area contributed by atoms with Crippen LogP contribution >= 0.6 is 0 Å². The van der Waals surface area contributed by atoms with Gasteiger partial charge in [-0.2, -0.15) is 4.31 Å². The first-order valence-electron chi connectivity index (χ1n) is 7.17. The Balaban J connectivity index is 1.76. The number of benzene rings is 2. The molecule has 1 aliphatic heterocycles. The van der Waals surface area contributed by atoms with E-state index >= 15 is 0 Å². The van der Waals surface area contributed by atoms with E-state index in [-0.39, 0.29) is 13.2 Å². The maximum absolute atomic E-state index is 13.3. The van der Waals surface area contributed by atoms with E-state index < -0.39 is 32.7 Å². The van der Waals surface area contributed by atoms with E-state index in [1.165, 1.54) is 7.05 Å². The third kappa shape index (κ3) is 3.34. The van der Waals surface area contributed by atoms with Crippen LogP contribution in [0.25, 0.3) is 0 Å². The molecule has 0 aromatic heterocycles. The lowest BCUT2D eigenvalue weighted by atomic mass is 10.2. The Morgan fingerprint density at radius 3 is 2.42 bits per heavy atom. The van der Waals surface area contributed by atoms with Gasteiger partial charge >= 0.3 is 0 Å². The molecule has 0 unspecified atom stereocenters. The van der Waals surface area contributed by atoms with Crippen LogP contribution in [0.4, 0.5) is 8.78 Å². The highest BCUT2D eigenvalue weighted by Gasteiger charge is 2.28. The standard InChI is InChI=1S/C16H15F2NO4S/c1-19(24(20,21)14-7-11(17)6-12(18)8-14)9-13-10-22-15-4-2-3-5-16(15)23-13/h2-8,13H,9-10H2,1H3/t13-/m0/s1. The van der Waals surface area contributed by atoms with E-state index in [1.807, 2.05) is 0 Å². The van der Waals surface area contributed by atoms with Crippen molar-refractivity contribution in [3.63, 3.8) is 0 Å². The van der Waals surface area contributed by atoms with Crippen LogP contribution in [-0.4, -0.2) is 39.0 Å². The Bertz CT molecular complexity index is 837. The van der Waals surface area contributed by atoms with Gasteiger partial charge in [0, 0.05) is 13.1 Å². The third-order valence-corrected chi connectivity index (χ3v) is 5.37. The fraction of sp³-hybridized carbons (Fsp3) is 0.250. The Kier molecular flexibility index (Phi) is 4.42. The van der Waals surface area contributed by atoms with Gasteiger partial charge in [-0.05, 0) is 24.3 Å². The average Bonchev–Trinajstić information content (AvgIpc) is 2.53. The van der Waals surface area contributed by atoms with Crippen molar-refractivity contribution in [2.75, 3.05) is 20.2 Å². The molecule has 8 heteroatoms. The topological polar surface area (TPSA) is 55.8 Å². The first-order chi connectivity index (χ1) is 11.4. The smallest absolute Gasteiger partial charge is 0.243 e. The molecule has 2 aromatic carbocycles. The molecule has 1 aliphatic rings. The number of nitrogens with zero attached hydrogens (tertiary/aromatic N) is 1. The summed E-state index contributed by atoms with van der Waals surface area (Å²) in [6.45, 7) is 0.156. The number of para-hydroxylation sites is 2. The highest BCUT2D eigenvalue weighted by Crippen LogP contribution is 2.31. The van der Waals surface area contributed by atoms with Gasteiger partial charge in [-0.3, -0.25) is 0 Å². The number of sulfonamides is 1. The first kappa shape index (κ1) is 16.7. The van der Waals surface area contributed by atoms with Gasteiger partial charge in [0.1, 0.15) is 24.3 Å². The zero-order valence-electron chi connectivity index (χ0n) is 12.8. The van der Waals surface area contributed by atoms with E-state index in [1.54, 1.807) is 24.3 Å². The Morgan fingerprint density at radius 2 is 1.75 bits per heavy atom. The van der Waals surface area contributed by atoms with Gasteiger partial charge in [-0.15, -0.1) is 0 Å². The summed E-state index contributed by atoms with van der Waals surface area (Å²) in [6, 6.07) is 9.23. The minimum atomic E-state index is -4.04. The SMILES string of the molecule is CN(C[C@H]1COc2ccccc2O1)S(=O)(=O)c1cc(F)cc(F)c1. The highest BCUT2D eigenvalue weighted by molar-refractivity contribution is 7.89. The molecule has 128 valence electrons. The van der Waals surface area contributed by atoms with Gasteiger partial charge in [0.05, 0.1) is 11.4 Å². The van der Waals surface area contributed by atoms with Crippen LogP contribution in [0.2, 0.25) is 0 Å². The van der Waals surface area contributed by atoms with Crippen LogP contribution in [0, 0.1) is 11.6 Å². The molecule has 1 heterocycles. The van der Waals surface area contributed by atoms with Gasteiger partial charge in [-0.1, -0.05) is 12.1 Å². The monoisotopic (exact) mass is 355 g/mol. The zero-order valence-corrected chi connectivity index (χ0v) is 13.6. The molecule has 0 N–H and O–H groups in total. The molecule has 1 atom stereocenters. The molecule has 3 rings (SSSR count). The molecule has 24 heavy (non-hydrogen) atoms. The number of fused-ring (bicyclic) bond motifs is 1. The lowest BCUT2D eigenvalue weighted by Gasteiger charge is -2.29. The minimum Gasteiger partial charge on any atom is -0.486 e. The quantitative estimate of drug-likeness (QED) is 0.845. The van der Waals surface area contributed by atoms with Crippen LogP contribution in [-0.2, 0) is 10.0 Å². The Morgan fingerprint density at radius 1 is 1.12 bits per heavy atom. The number of hydrogen-bond donors (Lipinski definition) is 0. The minimum absolute atomic E-state index is 0.0190. The van der Waals surface area contributed by atoms with E-state index in [0.29, 0.717) is 17.6 Å². The van der Waals surface area contributed by atoms with Crippen molar-refractivity contribution >= 4 is 10.0 Å². The van der Waals surface area contributed by atoms with Gasteiger partial charge in [0.15, 0.2) is 11.5 Å². The fourth-order valence-corrected chi connectivity index (χ4v) is 3.64. The summed E-state index contributed by atoms with van der Waals surface area (Å²) in [5.74, 6) is -0.788. The van der Waals surface area contributed by atoms with Crippen LogP contribution < -0.4 is 9.47 Å². The number of hydrogen-bond acceptors (Lipinski definition) is 4. The summed E-state index contributed by atoms with van der Waals surface area (Å²) in [6.07, 6.45) is -0.530. The van der Waals surface area contributed by atoms with Gasteiger partial charge in [0.2, 0.25) is 10.0 Å². The van der Waals surface area contributed by atoms with Crippen molar-refractivity contribution in [3.8, 4) is 11.5 Å². The van der Waals surface area contributed by atoms with E-state index in [2.05, 4.69) is 0 Å². The van der Waals surface area contributed by atoms with Crippen molar-refractivity contribution in [1.82, 2.24) is 4.31 Å². The molecular formula is C16H15F2NO4S. The van der Waals surface area contributed by atoms with Crippen LogP contribution in [0.5, 0.6) is 11.5 Å². The lowest BCUT2D eigenvalue weighted by molar-refractivity contribution is 0.0798. The maximum atomic E-state index is 13.3. The number of likely N-dealkylation sites (N-methyl/N-ethyl adjacent to an activating group) is 1. The molecular weight excluding hydrogens is 340 g/mol. The maximum Gasteiger partial charge on any atom is 0.243 e. The number of rotatable bonds is 4. The molecule has 0 saturated carbocycles. The summed E-state index contributed by atoms with van der Waals surface area (Å²) in [7, 11) is -2.72. The predicted octanol–water partition coefficient (Wildman–Crippen LogP) is 2.43. The van der Waals surface area contributed by atoms with Crippen molar-refractivity contribution in [3.05, 3.63) is 54.1 Å². The molecule has 0 spiro atoms. The predicted molar refractivity (Wildman–Crippen MR) is 82.5 cm³/mol. The van der Waals surface area contributed by atoms with E-state index in [0.717, 1.165) is 16.4 Å². The fourth-order valence-electron chi connectivity index (χ4n) is 2.40. The number of halogens is 2. The Labute approximate surface area is 138 Å². The number of ether oxygens (including phenoxy) is 2. The second-order valence-electron chi connectivity index (χ2n) is 5.39. The van der Waals surface area contributed by atoms with E-state index in [4.69, 9.17) is 9.47 Å². The molecule has 5 nitrogen and oxygen atoms in total. The molecule has 0 radical (unpaired) electrons. The van der Waals surface area contributed by atoms with Crippen LogP contribution in [0.3, 0.4) is 0 Å². The third-order valence-electron chi connectivity index (χ3n) is 3.57. The lowest BCUT2D eigenvalue weighted by Crippen LogP contribution is -2.41. The molecule has 2 aromatic rings. The van der Waals surface area contributed by atoms with Crippen molar-refractivity contribution < 1.29 is 26.7 Å². The van der Waals surface area contributed by atoms with Gasteiger partial charge in [0.25, 0.3) is 0 Å². The van der Waals surface area contributed by atoms with Gasteiger partial charge in [-0.25, -0.2) is 17.2 Å². The van der Waals surface area contributed by atoms with E-state index in [9.17, 15) is 17.2 Å². The van der Waals surface area contributed by atoms with Crippen LogP contribution in [0.1, 0.15) is 0 Å². The van der Waals surface area contributed by atoms with Crippen LogP contribution in [0.15, 0.2) is 47.4 Å².